The number of hydrogen-bond acceptors (Lipinski definition) is 5. The Bertz CT molecular complexity index is 1390. The second-order valence-electron chi connectivity index (χ2n) is 7.21. The van der Waals surface area contributed by atoms with E-state index in [0.717, 1.165) is 29.4 Å². The molecule has 0 fully saturated rings. The Morgan fingerprint density at radius 3 is 2.44 bits per heavy atom. The number of ether oxygens (including phenoxy) is 1. The van der Waals surface area contributed by atoms with Crippen LogP contribution in [0, 0.1) is 17.3 Å². The molecule has 0 aliphatic carbocycles. The van der Waals surface area contributed by atoms with E-state index >= 15 is 0 Å². The lowest BCUT2D eigenvalue weighted by molar-refractivity contribution is -0.385. The fraction of sp³-hybridized carbons (Fsp3) is 0.0400. The number of rotatable bonds is 7. The molecule has 0 aromatic heterocycles. The van der Waals surface area contributed by atoms with E-state index in [1.165, 1.54) is 29.8 Å². The number of carbonyl (C=O) groups excluding carboxylic acids is 1. The molecule has 4 aromatic carbocycles. The number of benzene rings is 4. The van der Waals surface area contributed by atoms with Crippen LogP contribution in [0.3, 0.4) is 0 Å². The summed E-state index contributed by atoms with van der Waals surface area (Å²) < 4.78 is 7.96. The molecule has 4 aromatic rings. The molecule has 34 heavy (non-hydrogen) atoms. The van der Waals surface area contributed by atoms with Crippen molar-refractivity contribution in [2.45, 2.75) is 6.61 Å². The first-order valence-electron chi connectivity index (χ1n) is 10.1. The van der Waals surface area contributed by atoms with Gasteiger partial charge in [-0.1, -0.05) is 54.6 Å². The van der Waals surface area contributed by atoms with Crippen LogP contribution >= 0.6 is 45.2 Å². The van der Waals surface area contributed by atoms with E-state index in [4.69, 9.17) is 4.74 Å². The highest BCUT2D eigenvalue weighted by Gasteiger charge is 2.18. The summed E-state index contributed by atoms with van der Waals surface area (Å²) in [5.74, 6) is 0.123. The van der Waals surface area contributed by atoms with Crippen LogP contribution in [0.15, 0.2) is 84.0 Å². The van der Waals surface area contributed by atoms with Crippen molar-refractivity contribution in [3.63, 3.8) is 0 Å². The average Bonchev–Trinajstić information content (AvgIpc) is 2.83. The van der Waals surface area contributed by atoms with Gasteiger partial charge in [-0.2, -0.15) is 5.10 Å². The largest absolute Gasteiger partial charge is 0.487 e. The number of hydrazone groups is 1. The topological polar surface area (TPSA) is 93.8 Å². The summed E-state index contributed by atoms with van der Waals surface area (Å²) in [5, 5.41) is 17.4. The molecule has 0 spiro atoms. The van der Waals surface area contributed by atoms with Gasteiger partial charge in [0.1, 0.15) is 17.9 Å². The maximum atomic E-state index is 12.3. The van der Waals surface area contributed by atoms with Gasteiger partial charge in [0.25, 0.3) is 11.6 Å². The molecular weight excluding hydrogens is 660 g/mol. The normalized spacial score (nSPS) is 11.0. The maximum absolute atomic E-state index is 12.3. The summed E-state index contributed by atoms with van der Waals surface area (Å²) in [4.78, 5) is 22.8. The second kappa shape index (κ2) is 10.9. The summed E-state index contributed by atoms with van der Waals surface area (Å²) in [6, 6.07) is 23.9. The van der Waals surface area contributed by atoms with Gasteiger partial charge in [0, 0.05) is 6.07 Å². The molecule has 0 heterocycles. The molecule has 0 bridgehead atoms. The number of nitrogens with one attached hydrogen (secondary N) is 1. The number of nitro groups is 1. The lowest BCUT2D eigenvalue weighted by Gasteiger charge is -2.13. The van der Waals surface area contributed by atoms with Gasteiger partial charge >= 0.3 is 0 Å². The van der Waals surface area contributed by atoms with Gasteiger partial charge in [0.15, 0.2) is 0 Å². The number of nitrogens with zero attached hydrogens (tertiary/aromatic N) is 2. The van der Waals surface area contributed by atoms with Crippen LogP contribution in [0.1, 0.15) is 21.5 Å². The first-order valence-corrected chi connectivity index (χ1v) is 12.2. The molecule has 9 heteroatoms. The van der Waals surface area contributed by atoms with Crippen LogP contribution in [0.2, 0.25) is 0 Å². The Balaban J connectivity index is 1.46. The van der Waals surface area contributed by atoms with Gasteiger partial charge < -0.3 is 4.74 Å². The van der Waals surface area contributed by atoms with Crippen molar-refractivity contribution in [2.75, 3.05) is 0 Å². The molecule has 0 aliphatic heterocycles. The highest BCUT2D eigenvalue weighted by molar-refractivity contribution is 14.1. The van der Waals surface area contributed by atoms with Crippen LogP contribution in [-0.2, 0) is 6.61 Å². The molecular formula is C25H17I2N3O4. The molecule has 0 saturated heterocycles. The van der Waals surface area contributed by atoms with E-state index in [0.29, 0.717) is 6.61 Å². The van der Waals surface area contributed by atoms with Crippen LogP contribution in [0.25, 0.3) is 10.8 Å². The van der Waals surface area contributed by atoms with Crippen molar-refractivity contribution in [1.29, 1.82) is 0 Å². The predicted octanol–water partition coefficient (Wildman–Crippen LogP) is 6.30. The second-order valence-corrected chi connectivity index (χ2v) is 9.54. The summed E-state index contributed by atoms with van der Waals surface area (Å²) in [5.41, 5.74) is 3.89. The smallest absolute Gasteiger partial charge is 0.282 e. The standard InChI is InChI=1S/C25H17I2N3O4/c26-21-12-16(14-28-29-25(31)20-10-3-4-11-23(20)30(32)33)13-22(27)24(21)34-15-18-8-5-7-17-6-1-2-9-19(17)18/h1-14H,15H2,(H,29,31)/b28-14-. The molecule has 0 saturated carbocycles. The fourth-order valence-corrected chi connectivity index (χ4v) is 5.54. The number of fused-ring (bicyclic) bond motifs is 1. The number of nitro benzene ring substituents is 1. The molecule has 7 nitrogen and oxygen atoms in total. The summed E-state index contributed by atoms with van der Waals surface area (Å²) in [6.45, 7) is 0.437. The Morgan fingerprint density at radius 2 is 1.68 bits per heavy atom. The van der Waals surface area contributed by atoms with Gasteiger partial charge in [-0.15, -0.1) is 0 Å². The van der Waals surface area contributed by atoms with Gasteiger partial charge in [-0.25, -0.2) is 5.43 Å². The van der Waals surface area contributed by atoms with E-state index in [9.17, 15) is 14.9 Å². The third-order valence-corrected chi connectivity index (χ3v) is 6.60. The molecule has 1 N–H and O–H groups in total. The molecule has 4 rings (SSSR count). The minimum Gasteiger partial charge on any atom is -0.487 e. The molecule has 0 aliphatic rings. The zero-order valence-electron chi connectivity index (χ0n) is 17.6. The Kier molecular flexibility index (Phi) is 7.73. The number of para-hydroxylation sites is 1. The number of halogens is 2. The van der Waals surface area contributed by atoms with Crippen molar-refractivity contribution >= 4 is 73.8 Å². The lowest BCUT2D eigenvalue weighted by atomic mass is 10.1. The summed E-state index contributed by atoms with van der Waals surface area (Å²) in [6.07, 6.45) is 1.49. The van der Waals surface area contributed by atoms with Gasteiger partial charge in [-0.05, 0) is 85.3 Å². The van der Waals surface area contributed by atoms with Crippen LogP contribution in [0.5, 0.6) is 5.75 Å². The van der Waals surface area contributed by atoms with Crippen LogP contribution in [-0.4, -0.2) is 17.0 Å². The zero-order valence-corrected chi connectivity index (χ0v) is 21.9. The minimum atomic E-state index is -0.650. The quantitative estimate of drug-likeness (QED) is 0.108. The first kappa shape index (κ1) is 24.1. The Morgan fingerprint density at radius 1 is 1.00 bits per heavy atom. The van der Waals surface area contributed by atoms with E-state index in [1.54, 1.807) is 6.07 Å². The maximum Gasteiger partial charge on any atom is 0.282 e. The third kappa shape index (κ3) is 5.53. The van der Waals surface area contributed by atoms with Gasteiger partial charge in [0.05, 0.1) is 18.3 Å². The molecule has 170 valence electrons. The van der Waals surface area contributed by atoms with Crippen molar-refractivity contribution in [3.8, 4) is 5.75 Å². The predicted molar refractivity (Wildman–Crippen MR) is 148 cm³/mol. The number of hydrogen-bond donors (Lipinski definition) is 1. The van der Waals surface area contributed by atoms with Crippen molar-refractivity contribution < 1.29 is 14.5 Å². The van der Waals surface area contributed by atoms with Gasteiger partial charge in [-0.3, -0.25) is 14.9 Å². The van der Waals surface area contributed by atoms with E-state index in [2.05, 4.69) is 80.0 Å². The zero-order chi connectivity index (χ0) is 24.1. The average molecular weight is 677 g/mol. The van der Waals surface area contributed by atoms with Crippen LogP contribution < -0.4 is 10.2 Å². The van der Waals surface area contributed by atoms with Crippen molar-refractivity contribution in [3.05, 3.63) is 113 Å². The van der Waals surface area contributed by atoms with E-state index in [1.807, 2.05) is 30.3 Å². The molecule has 1 amide bonds. The lowest BCUT2D eigenvalue weighted by Crippen LogP contribution is -2.19. The monoisotopic (exact) mass is 677 g/mol. The molecule has 0 radical (unpaired) electrons. The number of carbonyl (C=O) groups is 1. The van der Waals surface area contributed by atoms with E-state index < -0.39 is 10.8 Å². The third-order valence-electron chi connectivity index (χ3n) is 5.00. The number of amides is 1. The highest BCUT2D eigenvalue weighted by atomic mass is 127. The Labute approximate surface area is 222 Å². The SMILES string of the molecule is O=C(N/N=C\c1cc(I)c(OCc2cccc3ccccc23)c(I)c1)c1ccccc1[N+](=O)[O-]. The minimum absolute atomic E-state index is 0.0500. The summed E-state index contributed by atoms with van der Waals surface area (Å²) >= 11 is 4.41. The van der Waals surface area contributed by atoms with Crippen molar-refractivity contribution in [1.82, 2.24) is 5.43 Å². The first-order chi connectivity index (χ1) is 16.4. The molecule has 0 atom stereocenters. The Hall–Kier alpha value is -3.06. The van der Waals surface area contributed by atoms with Crippen molar-refractivity contribution in [2.24, 2.45) is 5.10 Å². The summed E-state index contributed by atoms with van der Waals surface area (Å²) in [7, 11) is 0. The van der Waals surface area contributed by atoms with E-state index in [-0.39, 0.29) is 11.3 Å². The van der Waals surface area contributed by atoms with Crippen LogP contribution in [0.4, 0.5) is 5.69 Å². The fourth-order valence-electron chi connectivity index (χ4n) is 3.41. The molecule has 0 unspecified atom stereocenters. The highest BCUT2D eigenvalue weighted by Crippen LogP contribution is 2.30. The van der Waals surface area contributed by atoms with Gasteiger partial charge in [0.2, 0.25) is 0 Å².